The highest BCUT2D eigenvalue weighted by atomic mass is 16.6. The van der Waals surface area contributed by atoms with Crippen LogP contribution in [0.4, 0.5) is 14.4 Å². The Morgan fingerprint density at radius 3 is 2.07 bits per heavy atom. The number of nitrogens with one attached hydrogen (secondary N) is 1. The van der Waals surface area contributed by atoms with Gasteiger partial charge in [-0.3, -0.25) is 0 Å². The van der Waals surface area contributed by atoms with Gasteiger partial charge in [0.15, 0.2) is 0 Å². The second kappa shape index (κ2) is 10.0. The molecule has 4 amide bonds. The minimum Gasteiger partial charge on any atom is -0.453 e. The van der Waals surface area contributed by atoms with Crippen LogP contribution in [0.25, 0.3) is 0 Å². The maximum Gasteiger partial charge on any atom is 0.426 e. The van der Waals surface area contributed by atoms with Crippen molar-refractivity contribution in [3.8, 4) is 0 Å². The molecule has 9 nitrogen and oxygen atoms in total. The van der Waals surface area contributed by atoms with Gasteiger partial charge >= 0.3 is 18.2 Å². The Balaban J connectivity index is 1.99. The van der Waals surface area contributed by atoms with Crippen LogP contribution in [0.15, 0.2) is 0 Å². The van der Waals surface area contributed by atoms with Gasteiger partial charge in [0.05, 0.1) is 7.11 Å². The molecule has 0 atom stereocenters. The Morgan fingerprint density at radius 2 is 1.55 bits per heavy atom. The summed E-state index contributed by atoms with van der Waals surface area (Å²) in [5, 5.41) is 1.39. The zero-order valence-corrected chi connectivity index (χ0v) is 18.4. The van der Waals surface area contributed by atoms with Crippen LogP contribution in [0.2, 0.25) is 0 Å². The van der Waals surface area contributed by atoms with Crippen molar-refractivity contribution in [2.45, 2.75) is 59.0 Å². The minimum atomic E-state index is -0.648. The molecule has 0 aromatic rings. The van der Waals surface area contributed by atoms with Gasteiger partial charge in [0, 0.05) is 32.7 Å². The number of urea groups is 1. The number of piperidine rings is 2. The van der Waals surface area contributed by atoms with E-state index in [4.69, 9.17) is 9.47 Å². The molecule has 0 radical (unpaired) electrons. The summed E-state index contributed by atoms with van der Waals surface area (Å²) in [6, 6.07) is -0.196. The van der Waals surface area contributed by atoms with Gasteiger partial charge in [0.2, 0.25) is 0 Å². The molecule has 0 saturated carbocycles. The number of hydrogen-bond donors (Lipinski definition) is 1. The molecule has 2 aliphatic rings. The summed E-state index contributed by atoms with van der Waals surface area (Å²) in [6.07, 6.45) is 2.44. The van der Waals surface area contributed by atoms with Crippen molar-refractivity contribution in [1.82, 2.24) is 20.2 Å². The van der Waals surface area contributed by atoms with Crippen molar-refractivity contribution in [2.75, 3.05) is 39.8 Å². The van der Waals surface area contributed by atoms with Crippen LogP contribution in [-0.4, -0.2) is 78.5 Å². The van der Waals surface area contributed by atoms with Gasteiger partial charge in [0.25, 0.3) is 0 Å². The zero-order chi connectivity index (χ0) is 21.6. The van der Waals surface area contributed by atoms with Gasteiger partial charge in [-0.05, 0) is 58.3 Å². The molecule has 0 bridgehead atoms. The van der Waals surface area contributed by atoms with E-state index in [1.807, 2.05) is 0 Å². The molecule has 0 aliphatic carbocycles. The molecule has 2 heterocycles. The number of nitrogens with zero attached hydrogens (tertiary/aromatic N) is 3. The standard InChI is InChI=1S/C20H36N4O5/c1-15-6-10-22(11-7-15)18(26)24(21-17(25)29-20(2,3)4)14-16-8-12-23(13-9-16)19(27)28-5/h15-16H,6-14H2,1-5H3,(H,21,25). The Hall–Kier alpha value is -2.19. The lowest BCUT2D eigenvalue weighted by atomic mass is 9.96. The Bertz CT molecular complexity index is 576. The normalized spacial score (nSPS) is 18.9. The van der Waals surface area contributed by atoms with E-state index in [1.54, 1.807) is 30.6 Å². The lowest BCUT2D eigenvalue weighted by Crippen LogP contribution is -2.56. The fraction of sp³-hybridized carbons (Fsp3) is 0.850. The summed E-state index contributed by atoms with van der Waals surface area (Å²) < 4.78 is 10.1. The first kappa shape index (κ1) is 23.1. The fourth-order valence-corrected chi connectivity index (χ4v) is 3.64. The predicted octanol–water partition coefficient (Wildman–Crippen LogP) is 3.06. The number of ether oxygens (including phenoxy) is 2. The quantitative estimate of drug-likeness (QED) is 0.704. The van der Waals surface area contributed by atoms with Crippen LogP contribution >= 0.6 is 0 Å². The van der Waals surface area contributed by atoms with E-state index in [0.29, 0.717) is 38.6 Å². The van der Waals surface area contributed by atoms with Crippen LogP contribution < -0.4 is 5.43 Å². The van der Waals surface area contributed by atoms with Crippen LogP contribution in [0.3, 0.4) is 0 Å². The number of methoxy groups -OCH3 is 1. The molecule has 1 N–H and O–H groups in total. The lowest BCUT2D eigenvalue weighted by molar-refractivity contribution is 0.0292. The monoisotopic (exact) mass is 412 g/mol. The smallest absolute Gasteiger partial charge is 0.426 e. The predicted molar refractivity (Wildman–Crippen MR) is 108 cm³/mol. The van der Waals surface area contributed by atoms with Crippen LogP contribution in [-0.2, 0) is 9.47 Å². The minimum absolute atomic E-state index is 0.179. The third-order valence-corrected chi connectivity index (χ3v) is 5.40. The third-order valence-electron chi connectivity index (χ3n) is 5.40. The molecule has 2 rings (SSSR count). The zero-order valence-electron chi connectivity index (χ0n) is 18.4. The first-order valence-electron chi connectivity index (χ1n) is 10.5. The highest BCUT2D eigenvalue weighted by Crippen LogP contribution is 2.21. The molecule has 166 valence electrons. The molecule has 2 aliphatic heterocycles. The van der Waals surface area contributed by atoms with Crippen molar-refractivity contribution in [2.24, 2.45) is 11.8 Å². The van der Waals surface area contributed by atoms with Crippen LogP contribution in [0.1, 0.15) is 53.4 Å². The third kappa shape index (κ3) is 7.29. The summed E-state index contributed by atoms with van der Waals surface area (Å²) in [6.45, 7) is 10.5. The summed E-state index contributed by atoms with van der Waals surface area (Å²) in [5.41, 5.74) is 2.00. The maximum absolute atomic E-state index is 13.1. The van der Waals surface area contributed by atoms with Gasteiger partial charge in [0.1, 0.15) is 5.60 Å². The molecule has 29 heavy (non-hydrogen) atoms. The van der Waals surface area contributed by atoms with E-state index in [-0.39, 0.29) is 18.0 Å². The van der Waals surface area contributed by atoms with Gasteiger partial charge in [-0.25, -0.2) is 24.8 Å². The lowest BCUT2D eigenvalue weighted by Gasteiger charge is -2.38. The molecule has 9 heteroatoms. The van der Waals surface area contributed by atoms with Crippen molar-refractivity contribution in [3.05, 3.63) is 0 Å². The van der Waals surface area contributed by atoms with Crippen LogP contribution in [0, 0.1) is 11.8 Å². The molecule has 2 saturated heterocycles. The van der Waals surface area contributed by atoms with Gasteiger partial charge in [-0.1, -0.05) is 6.92 Å². The highest BCUT2D eigenvalue weighted by Gasteiger charge is 2.31. The Morgan fingerprint density at radius 1 is 1.00 bits per heavy atom. The largest absolute Gasteiger partial charge is 0.453 e. The Kier molecular flexibility index (Phi) is 7.98. The number of hydrazine groups is 1. The van der Waals surface area contributed by atoms with E-state index in [0.717, 1.165) is 25.7 Å². The number of rotatable bonds is 2. The van der Waals surface area contributed by atoms with E-state index in [2.05, 4.69) is 12.3 Å². The van der Waals surface area contributed by atoms with E-state index in [9.17, 15) is 14.4 Å². The summed E-state index contributed by atoms with van der Waals surface area (Å²) in [4.78, 5) is 40.5. The topological polar surface area (TPSA) is 91.4 Å². The molecule has 2 fully saturated rings. The number of hydrogen-bond acceptors (Lipinski definition) is 5. The van der Waals surface area contributed by atoms with E-state index < -0.39 is 11.7 Å². The van der Waals surface area contributed by atoms with E-state index >= 15 is 0 Å². The molecule has 0 aromatic heterocycles. The van der Waals surface area contributed by atoms with Crippen molar-refractivity contribution in [3.63, 3.8) is 0 Å². The molecular formula is C20H36N4O5. The second-order valence-corrected chi connectivity index (χ2v) is 9.08. The molecule has 0 aromatic carbocycles. The number of likely N-dealkylation sites (tertiary alicyclic amines) is 2. The maximum atomic E-state index is 13.1. The van der Waals surface area contributed by atoms with Crippen molar-refractivity contribution in [1.29, 1.82) is 0 Å². The van der Waals surface area contributed by atoms with E-state index in [1.165, 1.54) is 12.1 Å². The van der Waals surface area contributed by atoms with Gasteiger partial charge in [-0.15, -0.1) is 0 Å². The fourth-order valence-electron chi connectivity index (χ4n) is 3.64. The summed E-state index contributed by atoms with van der Waals surface area (Å²) in [7, 11) is 1.37. The number of amides is 4. The molecule has 0 unspecified atom stereocenters. The molecule has 0 spiro atoms. The van der Waals surface area contributed by atoms with Gasteiger partial charge in [-0.2, -0.15) is 0 Å². The average Bonchev–Trinajstić information content (AvgIpc) is 2.66. The summed E-state index contributed by atoms with van der Waals surface area (Å²) >= 11 is 0. The Labute approximate surface area is 173 Å². The van der Waals surface area contributed by atoms with Crippen molar-refractivity contribution < 1.29 is 23.9 Å². The SMILES string of the molecule is COC(=O)N1CCC(CN(NC(=O)OC(C)(C)C)C(=O)N2CCC(C)CC2)CC1. The highest BCUT2D eigenvalue weighted by molar-refractivity contribution is 5.78. The number of carbonyl (C=O) groups excluding carboxylic acids is 3. The molecular weight excluding hydrogens is 376 g/mol. The average molecular weight is 413 g/mol. The van der Waals surface area contributed by atoms with Gasteiger partial charge < -0.3 is 19.3 Å². The van der Waals surface area contributed by atoms with Crippen LogP contribution in [0.5, 0.6) is 0 Å². The number of carbonyl (C=O) groups is 3. The second-order valence-electron chi connectivity index (χ2n) is 9.08. The first-order valence-corrected chi connectivity index (χ1v) is 10.5. The summed E-state index contributed by atoms with van der Waals surface area (Å²) in [5.74, 6) is 0.785. The van der Waals surface area contributed by atoms with Crippen molar-refractivity contribution >= 4 is 18.2 Å². The first-order chi connectivity index (χ1) is 13.6.